The lowest BCUT2D eigenvalue weighted by molar-refractivity contribution is 0.102. The molecule has 5 aromatic rings. The van der Waals surface area contributed by atoms with Crippen molar-refractivity contribution < 1.29 is 27.8 Å². The van der Waals surface area contributed by atoms with E-state index in [1.54, 1.807) is 49.1 Å². The monoisotopic (exact) mass is 586 g/mol. The van der Waals surface area contributed by atoms with E-state index in [9.17, 15) is 18.4 Å². The molecule has 3 heterocycles. The molecule has 0 aliphatic heterocycles. The van der Waals surface area contributed by atoms with Crippen LogP contribution in [0, 0.1) is 18.6 Å². The fraction of sp³-hybridized carbons (Fsp3) is 0.188. The fourth-order valence-electron chi connectivity index (χ4n) is 4.77. The zero-order chi connectivity index (χ0) is 30.8. The molecule has 5 rings (SSSR count). The zero-order valence-electron chi connectivity index (χ0n) is 24.1. The number of anilines is 1. The van der Waals surface area contributed by atoms with Crippen molar-refractivity contribution in [2.75, 3.05) is 19.5 Å². The number of hydrogen-bond donors (Lipinski definition) is 1. The van der Waals surface area contributed by atoms with Gasteiger partial charge in [-0.1, -0.05) is 6.07 Å². The molecule has 0 saturated carbocycles. The van der Waals surface area contributed by atoms with Gasteiger partial charge in [0.25, 0.3) is 5.91 Å². The van der Waals surface area contributed by atoms with Gasteiger partial charge in [-0.05, 0) is 62.7 Å². The molecule has 11 heteroatoms. The summed E-state index contributed by atoms with van der Waals surface area (Å²) in [6.45, 7) is 5.46. The SMILES string of the molecule is COc1cc2nccc(Oc3ccc(NC(=O)c4cn(C(C)C)c(C)c(-c5ccc(F)c(F)c5)c4=O)nc3)c2cc1OC. The number of fused-ring (bicyclic) bond motifs is 1. The number of rotatable bonds is 8. The third-order valence-electron chi connectivity index (χ3n) is 6.91. The number of benzene rings is 2. The van der Waals surface area contributed by atoms with Crippen LogP contribution in [0.15, 0.2) is 71.9 Å². The highest BCUT2D eigenvalue weighted by atomic mass is 19.2. The summed E-state index contributed by atoms with van der Waals surface area (Å²) in [5.74, 6) is -0.708. The van der Waals surface area contributed by atoms with Crippen molar-refractivity contribution in [1.29, 1.82) is 0 Å². The number of nitrogens with one attached hydrogen (secondary N) is 1. The lowest BCUT2D eigenvalue weighted by Crippen LogP contribution is -2.27. The molecule has 0 unspecified atom stereocenters. The Balaban J connectivity index is 1.42. The van der Waals surface area contributed by atoms with E-state index < -0.39 is 23.0 Å². The Morgan fingerprint density at radius 1 is 0.930 bits per heavy atom. The number of amides is 1. The first-order chi connectivity index (χ1) is 20.6. The van der Waals surface area contributed by atoms with Crippen molar-refractivity contribution in [2.45, 2.75) is 26.8 Å². The van der Waals surface area contributed by atoms with Gasteiger partial charge in [-0.2, -0.15) is 0 Å². The van der Waals surface area contributed by atoms with Crippen molar-refractivity contribution in [1.82, 2.24) is 14.5 Å². The van der Waals surface area contributed by atoms with Gasteiger partial charge in [-0.3, -0.25) is 14.6 Å². The van der Waals surface area contributed by atoms with Crippen LogP contribution >= 0.6 is 0 Å². The summed E-state index contributed by atoms with van der Waals surface area (Å²) in [4.78, 5) is 35.4. The molecule has 1 amide bonds. The van der Waals surface area contributed by atoms with Gasteiger partial charge < -0.3 is 24.1 Å². The molecule has 0 saturated heterocycles. The van der Waals surface area contributed by atoms with Gasteiger partial charge in [-0.25, -0.2) is 13.8 Å². The number of halogens is 2. The first-order valence-electron chi connectivity index (χ1n) is 13.3. The number of methoxy groups -OCH3 is 2. The Morgan fingerprint density at radius 2 is 1.67 bits per heavy atom. The Bertz CT molecular complexity index is 1910. The van der Waals surface area contributed by atoms with Gasteiger partial charge in [0.1, 0.15) is 22.9 Å². The maximum absolute atomic E-state index is 14.1. The molecule has 0 radical (unpaired) electrons. The van der Waals surface area contributed by atoms with E-state index in [-0.39, 0.29) is 28.6 Å². The highest BCUT2D eigenvalue weighted by Crippen LogP contribution is 2.37. The predicted molar refractivity (Wildman–Crippen MR) is 158 cm³/mol. The summed E-state index contributed by atoms with van der Waals surface area (Å²) in [6, 6.07) is 11.4. The summed E-state index contributed by atoms with van der Waals surface area (Å²) >= 11 is 0. The van der Waals surface area contributed by atoms with Crippen LogP contribution in [0.3, 0.4) is 0 Å². The van der Waals surface area contributed by atoms with Crippen molar-refractivity contribution in [2.24, 2.45) is 0 Å². The molecular weight excluding hydrogens is 558 g/mol. The van der Waals surface area contributed by atoms with Crippen LogP contribution < -0.4 is 25.0 Å². The number of hydrogen-bond acceptors (Lipinski definition) is 7. The standard InChI is InChI=1S/C32H28F2N4O5/c1-17(2)38-16-22(31(39)30(18(38)3)19-6-8-23(33)24(34)12-19)32(40)37-29-9-7-20(15-36-29)43-26-10-11-35-25-14-28(42-5)27(41-4)13-21(25)26/h6-17H,1-5H3,(H,36,37,40). The molecule has 43 heavy (non-hydrogen) atoms. The van der Waals surface area contributed by atoms with E-state index in [0.717, 1.165) is 12.1 Å². The topological polar surface area (TPSA) is 105 Å². The molecule has 0 fully saturated rings. The number of ether oxygens (including phenoxy) is 3. The Labute approximate surface area is 245 Å². The molecule has 3 aromatic heterocycles. The minimum Gasteiger partial charge on any atom is -0.493 e. The van der Waals surface area contributed by atoms with Gasteiger partial charge in [0.2, 0.25) is 5.43 Å². The van der Waals surface area contributed by atoms with Crippen LogP contribution in [-0.4, -0.2) is 34.7 Å². The average molecular weight is 587 g/mol. The molecule has 220 valence electrons. The smallest absolute Gasteiger partial charge is 0.262 e. The van der Waals surface area contributed by atoms with Gasteiger partial charge in [0.05, 0.1) is 25.9 Å². The van der Waals surface area contributed by atoms with Gasteiger partial charge >= 0.3 is 0 Å². The average Bonchev–Trinajstić information content (AvgIpc) is 2.99. The Morgan fingerprint density at radius 3 is 2.33 bits per heavy atom. The number of aromatic nitrogens is 3. The minimum atomic E-state index is -1.09. The van der Waals surface area contributed by atoms with E-state index in [4.69, 9.17) is 14.2 Å². The first-order valence-corrected chi connectivity index (χ1v) is 13.3. The molecule has 2 aromatic carbocycles. The number of pyridine rings is 3. The second-order valence-electron chi connectivity index (χ2n) is 9.93. The van der Waals surface area contributed by atoms with Gasteiger partial charge in [0.15, 0.2) is 23.1 Å². The lowest BCUT2D eigenvalue weighted by atomic mass is 10.00. The Hall–Kier alpha value is -5.32. The highest BCUT2D eigenvalue weighted by molar-refractivity contribution is 6.04. The van der Waals surface area contributed by atoms with E-state index in [0.29, 0.717) is 39.6 Å². The molecule has 1 N–H and O–H groups in total. The molecule has 0 atom stereocenters. The molecule has 0 aliphatic carbocycles. The van der Waals surface area contributed by atoms with E-state index in [2.05, 4.69) is 15.3 Å². The second-order valence-corrected chi connectivity index (χ2v) is 9.93. The lowest BCUT2D eigenvalue weighted by Gasteiger charge is -2.20. The largest absolute Gasteiger partial charge is 0.493 e. The van der Waals surface area contributed by atoms with Crippen LogP contribution in [0.4, 0.5) is 14.6 Å². The highest BCUT2D eigenvalue weighted by Gasteiger charge is 2.22. The van der Waals surface area contributed by atoms with Crippen molar-refractivity contribution in [3.63, 3.8) is 0 Å². The number of carbonyl (C=O) groups excluding carboxylic acids is 1. The maximum atomic E-state index is 14.1. The molecular formula is C32H28F2N4O5. The second kappa shape index (κ2) is 11.9. The third kappa shape index (κ3) is 5.74. The summed E-state index contributed by atoms with van der Waals surface area (Å²) in [7, 11) is 3.08. The number of carbonyl (C=O) groups is 1. The predicted octanol–water partition coefficient (Wildman–Crippen LogP) is 6.69. The normalized spacial score (nSPS) is 11.1. The van der Waals surface area contributed by atoms with E-state index in [1.807, 2.05) is 13.8 Å². The maximum Gasteiger partial charge on any atom is 0.262 e. The third-order valence-corrected chi connectivity index (χ3v) is 6.91. The van der Waals surface area contributed by atoms with E-state index >= 15 is 0 Å². The number of nitrogens with zero attached hydrogens (tertiary/aromatic N) is 3. The van der Waals surface area contributed by atoms with Crippen molar-refractivity contribution in [3.8, 4) is 34.1 Å². The Kier molecular flexibility index (Phi) is 8.07. The van der Waals surface area contributed by atoms with E-state index in [1.165, 1.54) is 31.6 Å². The van der Waals surface area contributed by atoms with Crippen molar-refractivity contribution in [3.05, 3.63) is 100 Å². The minimum absolute atomic E-state index is 0.107. The summed E-state index contributed by atoms with van der Waals surface area (Å²) in [5, 5.41) is 3.33. The van der Waals surface area contributed by atoms with Crippen LogP contribution in [-0.2, 0) is 0 Å². The quantitative estimate of drug-likeness (QED) is 0.216. The fourth-order valence-corrected chi connectivity index (χ4v) is 4.77. The zero-order valence-corrected chi connectivity index (χ0v) is 24.1. The molecule has 0 aliphatic rings. The van der Waals surface area contributed by atoms with Crippen LogP contribution in [0.2, 0.25) is 0 Å². The molecule has 0 bridgehead atoms. The van der Waals surface area contributed by atoms with Gasteiger partial charge in [0, 0.05) is 41.1 Å². The first kappa shape index (κ1) is 29.2. The molecule has 0 spiro atoms. The van der Waals surface area contributed by atoms with Crippen LogP contribution in [0.5, 0.6) is 23.0 Å². The van der Waals surface area contributed by atoms with Crippen LogP contribution in [0.25, 0.3) is 22.0 Å². The van der Waals surface area contributed by atoms with Crippen LogP contribution in [0.1, 0.15) is 35.9 Å². The summed E-state index contributed by atoms with van der Waals surface area (Å²) in [5.41, 5.74) is 0.644. The van der Waals surface area contributed by atoms with Gasteiger partial charge in [-0.15, -0.1) is 0 Å². The van der Waals surface area contributed by atoms with Crippen molar-refractivity contribution >= 4 is 22.6 Å². The molecule has 9 nitrogen and oxygen atoms in total. The summed E-state index contributed by atoms with van der Waals surface area (Å²) < 4.78 is 46.2. The summed E-state index contributed by atoms with van der Waals surface area (Å²) in [6.07, 6.45) is 4.49.